The molecular formula is C25H31ClN2O4. The van der Waals surface area contributed by atoms with Crippen molar-refractivity contribution in [1.29, 1.82) is 0 Å². The van der Waals surface area contributed by atoms with Gasteiger partial charge in [0.1, 0.15) is 17.5 Å². The second kappa shape index (κ2) is 11.8. The predicted octanol–water partition coefficient (Wildman–Crippen LogP) is 4.59. The molecule has 0 radical (unpaired) electrons. The van der Waals surface area contributed by atoms with Crippen molar-refractivity contribution in [2.75, 3.05) is 13.7 Å². The number of benzene rings is 2. The van der Waals surface area contributed by atoms with Crippen molar-refractivity contribution in [2.45, 2.75) is 57.7 Å². The minimum atomic E-state index is -0.598. The number of hydrogen-bond donors (Lipinski definition) is 1. The fourth-order valence-electron chi connectivity index (χ4n) is 4.00. The molecule has 1 fully saturated rings. The van der Waals surface area contributed by atoms with Gasteiger partial charge in [0.25, 0.3) is 5.91 Å². The lowest BCUT2D eigenvalue weighted by atomic mass is 10.1. The zero-order chi connectivity index (χ0) is 22.9. The van der Waals surface area contributed by atoms with Gasteiger partial charge in [0.05, 0.1) is 7.11 Å². The minimum absolute atomic E-state index is 0.121. The van der Waals surface area contributed by atoms with Crippen molar-refractivity contribution in [3.63, 3.8) is 0 Å². The molecule has 1 N–H and O–H groups in total. The van der Waals surface area contributed by atoms with Crippen molar-refractivity contribution in [3.05, 3.63) is 59.1 Å². The van der Waals surface area contributed by atoms with E-state index in [1.165, 1.54) is 0 Å². The summed E-state index contributed by atoms with van der Waals surface area (Å²) in [6, 6.07) is 14.0. The van der Waals surface area contributed by atoms with E-state index in [2.05, 4.69) is 5.32 Å². The normalized spacial score (nSPS) is 14.6. The number of nitrogens with zero attached hydrogens (tertiary/aromatic N) is 1. The summed E-state index contributed by atoms with van der Waals surface area (Å²) in [5.41, 5.74) is 0.791. The van der Waals surface area contributed by atoms with Gasteiger partial charge in [-0.2, -0.15) is 0 Å². The lowest BCUT2D eigenvalue weighted by molar-refractivity contribution is -0.143. The van der Waals surface area contributed by atoms with Crippen LogP contribution in [0.2, 0.25) is 5.02 Å². The number of methoxy groups -OCH3 is 1. The molecule has 1 saturated carbocycles. The summed E-state index contributed by atoms with van der Waals surface area (Å²) >= 11 is 6.36. The van der Waals surface area contributed by atoms with Crippen LogP contribution in [0.5, 0.6) is 11.5 Å². The second-order valence-corrected chi connectivity index (χ2v) is 8.40. The molecule has 0 saturated heterocycles. The van der Waals surface area contributed by atoms with Crippen molar-refractivity contribution < 1.29 is 19.1 Å². The van der Waals surface area contributed by atoms with E-state index in [0.29, 0.717) is 22.9 Å². The Morgan fingerprint density at radius 2 is 1.75 bits per heavy atom. The number of carbonyl (C=O) groups is 2. The number of rotatable bonds is 10. The zero-order valence-electron chi connectivity index (χ0n) is 18.7. The summed E-state index contributed by atoms with van der Waals surface area (Å²) in [6.45, 7) is 1.97. The van der Waals surface area contributed by atoms with E-state index in [1.807, 2.05) is 25.1 Å². The topological polar surface area (TPSA) is 67.9 Å². The van der Waals surface area contributed by atoms with Crippen molar-refractivity contribution in [3.8, 4) is 11.5 Å². The number of hydrogen-bond acceptors (Lipinski definition) is 4. The van der Waals surface area contributed by atoms with Crippen molar-refractivity contribution in [1.82, 2.24) is 10.2 Å². The summed E-state index contributed by atoms with van der Waals surface area (Å²) in [5, 5.41) is 3.69. The molecule has 1 aliphatic carbocycles. The van der Waals surface area contributed by atoms with Crippen molar-refractivity contribution in [2.24, 2.45) is 0 Å². The maximum atomic E-state index is 13.3. The average molecular weight is 459 g/mol. The van der Waals surface area contributed by atoms with Gasteiger partial charge in [-0.3, -0.25) is 9.59 Å². The first-order valence-electron chi connectivity index (χ1n) is 11.1. The quantitative estimate of drug-likeness (QED) is 0.565. The molecule has 0 unspecified atom stereocenters. The fourth-order valence-corrected chi connectivity index (χ4v) is 4.19. The summed E-state index contributed by atoms with van der Waals surface area (Å²) in [7, 11) is 1.59. The average Bonchev–Trinajstić information content (AvgIpc) is 3.32. The van der Waals surface area contributed by atoms with Gasteiger partial charge < -0.3 is 19.7 Å². The first-order chi connectivity index (χ1) is 15.5. The molecule has 6 nitrogen and oxygen atoms in total. The highest BCUT2D eigenvalue weighted by Gasteiger charge is 2.31. The number of ether oxygens (including phenoxy) is 2. The lowest BCUT2D eigenvalue weighted by Gasteiger charge is -2.31. The minimum Gasteiger partial charge on any atom is -0.497 e. The molecule has 1 aliphatic rings. The molecule has 3 rings (SSSR count). The summed E-state index contributed by atoms with van der Waals surface area (Å²) in [6.07, 6.45) is 4.72. The number of halogens is 1. The maximum Gasteiger partial charge on any atom is 0.261 e. The van der Waals surface area contributed by atoms with Crippen LogP contribution < -0.4 is 14.8 Å². The van der Waals surface area contributed by atoms with Crippen LogP contribution >= 0.6 is 11.6 Å². The third-order valence-corrected chi connectivity index (χ3v) is 6.18. The smallest absolute Gasteiger partial charge is 0.261 e. The molecule has 0 bridgehead atoms. The molecule has 172 valence electrons. The van der Waals surface area contributed by atoms with Gasteiger partial charge in [-0.05, 0) is 55.2 Å². The molecule has 2 amide bonds. The number of nitrogens with one attached hydrogen (secondary N) is 1. The summed E-state index contributed by atoms with van der Waals surface area (Å²) in [4.78, 5) is 27.9. The second-order valence-electron chi connectivity index (χ2n) is 7.99. The standard InChI is InChI=1S/C25H31ClN2O4/c1-3-23(25(30)27-19-9-5-6-10-19)28(16-18-8-4-7-11-22(18)26)24(29)17-32-21-14-12-20(31-2)13-15-21/h4,7-8,11-15,19,23H,3,5-6,9-10,16-17H2,1-2H3,(H,27,30)/t23-/m1/s1. The molecule has 7 heteroatoms. The Morgan fingerprint density at radius 1 is 1.09 bits per heavy atom. The molecule has 32 heavy (non-hydrogen) atoms. The van der Waals surface area contributed by atoms with E-state index in [9.17, 15) is 9.59 Å². The van der Waals surface area contributed by atoms with Gasteiger partial charge in [-0.1, -0.05) is 49.6 Å². The highest BCUT2D eigenvalue weighted by molar-refractivity contribution is 6.31. The van der Waals surface area contributed by atoms with Crippen LogP contribution in [0.15, 0.2) is 48.5 Å². The number of carbonyl (C=O) groups excluding carboxylic acids is 2. The van der Waals surface area contributed by atoms with Gasteiger partial charge in [0, 0.05) is 17.6 Å². The van der Waals surface area contributed by atoms with Crippen LogP contribution in [-0.2, 0) is 16.1 Å². The largest absolute Gasteiger partial charge is 0.497 e. The van der Waals surface area contributed by atoms with Gasteiger partial charge >= 0.3 is 0 Å². The van der Waals surface area contributed by atoms with Gasteiger partial charge in [0.2, 0.25) is 5.91 Å². The molecule has 0 aromatic heterocycles. The predicted molar refractivity (Wildman–Crippen MR) is 125 cm³/mol. The van der Waals surface area contributed by atoms with Gasteiger partial charge in [-0.15, -0.1) is 0 Å². The molecule has 1 atom stereocenters. The first-order valence-corrected chi connectivity index (χ1v) is 11.5. The highest BCUT2D eigenvalue weighted by atomic mass is 35.5. The summed E-state index contributed by atoms with van der Waals surface area (Å²) in [5.74, 6) is 0.873. The Hall–Kier alpha value is -2.73. The zero-order valence-corrected chi connectivity index (χ0v) is 19.4. The van der Waals surface area contributed by atoms with E-state index in [1.54, 1.807) is 42.3 Å². The monoisotopic (exact) mass is 458 g/mol. The van der Waals surface area contributed by atoms with Gasteiger partial charge in [0.15, 0.2) is 6.61 Å². The van der Waals surface area contributed by atoms with Crippen LogP contribution in [0.1, 0.15) is 44.6 Å². The lowest BCUT2D eigenvalue weighted by Crippen LogP contribution is -2.52. The molecule has 0 heterocycles. The Labute approximate surface area is 194 Å². The third-order valence-electron chi connectivity index (χ3n) is 5.81. The van der Waals surface area contributed by atoms with E-state index in [-0.39, 0.29) is 31.0 Å². The Morgan fingerprint density at radius 3 is 2.38 bits per heavy atom. The molecule has 0 spiro atoms. The highest BCUT2D eigenvalue weighted by Crippen LogP contribution is 2.22. The van der Waals surface area contributed by atoms with Gasteiger partial charge in [-0.25, -0.2) is 0 Å². The third kappa shape index (κ3) is 6.39. The van der Waals surface area contributed by atoms with E-state index < -0.39 is 6.04 Å². The van der Waals surface area contributed by atoms with Crippen LogP contribution in [-0.4, -0.2) is 42.5 Å². The Kier molecular flexibility index (Phi) is 8.80. The molecule has 2 aromatic carbocycles. The Bertz CT molecular complexity index is 897. The number of amides is 2. The molecule has 0 aliphatic heterocycles. The summed E-state index contributed by atoms with van der Waals surface area (Å²) < 4.78 is 10.9. The molecule has 2 aromatic rings. The van der Waals surface area contributed by atoms with Crippen LogP contribution in [0, 0.1) is 0 Å². The van der Waals surface area contributed by atoms with E-state index >= 15 is 0 Å². The van der Waals surface area contributed by atoms with E-state index in [0.717, 1.165) is 31.2 Å². The van der Waals surface area contributed by atoms with Crippen LogP contribution in [0.25, 0.3) is 0 Å². The maximum absolute atomic E-state index is 13.3. The van der Waals surface area contributed by atoms with Crippen LogP contribution in [0.3, 0.4) is 0 Å². The van der Waals surface area contributed by atoms with Crippen molar-refractivity contribution >= 4 is 23.4 Å². The Balaban J connectivity index is 1.75. The fraction of sp³-hybridized carbons (Fsp3) is 0.440. The van der Waals surface area contributed by atoms with E-state index in [4.69, 9.17) is 21.1 Å². The van der Waals surface area contributed by atoms with Crippen LogP contribution in [0.4, 0.5) is 0 Å². The first kappa shape index (κ1) is 23.9. The SMILES string of the molecule is CC[C@H](C(=O)NC1CCCC1)N(Cc1ccccc1Cl)C(=O)COc1ccc(OC)cc1. The molecular weight excluding hydrogens is 428 g/mol.